The molecule has 21 heavy (non-hydrogen) atoms. The van der Waals surface area contributed by atoms with E-state index in [0.29, 0.717) is 6.61 Å². The first-order valence-electron chi connectivity index (χ1n) is 6.91. The molecule has 5 heteroatoms. The molecule has 0 aromatic heterocycles. The van der Waals surface area contributed by atoms with Crippen molar-refractivity contribution in [2.45, 2.75) is 59.0 Å². The molecule has 1 aromatic carbocycles. The zero-order valence-electron chi connectivity index (χ0n) is 13.8. The Morgan fingerprint density at radius 1 is 1.14 bits per heavy atom. The molecule has 118 valence electrons. The van der Waals surface area contributed by atoms with Crippen LogP contribution in [0.2, 0.25) is 18.1 Å². The van der Waals surface area contributed by atoms with E-state index in [4.69, 9.17) is 14.0 Å². The smallest absolute Gasteiger partial charge is 0.373 e. The molecule has 0 heterocycles. The maximum absolute atomic E-state index is 9.21. The van der Waals surface area contributed by atoms with E-state index in [1.165, 1.54) is 5.56 Å². The van der Waals surface area contributed by atoms with Crippen LogP contribution in [0.4, 0.5) is 0 Å². The third-order valence-corrected chi connectivity index (χ3v) is 8.26. The molecule has 0 aliphatic rings. The Labute approximate surface area is 128 Å². The third kappa shape index (κ3) is 6.82. The van der Waals surface area contributed by atoms with E-state index in [0.717, 1.165) is 11.1 Å². The number of hydrogen-bond donors (Lipinski definition) is 1. The van der Waals surface area contributed by atoms with Gasteiger partial charge in [0.25, 0.3) is 0 Å². The summed E-state index contributed by atoms with van der Waals surface area (Å²) in [5.74, 6) is 0. The average molecular weight is 310 g/mol. The summed E-state index contributed by atoms with van der Waals surface area (Å²) in [5.41, 5.74) is 3.29. The van der Waals surface area contributed by atoms with E-state index in [1.807, 2.05) is 12.1 Å². The van der Waals surface area contributed by atoms with Crippen molar-refractivity contribution in [2.75, 3.05) is 0 Å². The van der Waals surface area contributed by atoms with Crippen LogP contribution in [-0.4, -0.2) is 19.6 Å². The highest BCUT2D eigenvalue weighted by molar-refractivity contribution is 6.74. The number of aliphatic hydroxyl groups is 1. The number of benzene rings is 1. The zero-order valence-corrected chi connectivity index (χ0v) is 14.8. The van der Waals surface area contributed by atoms with Crippen LogP contribution >= 0.6 is 0 Å². The van der Waals surface area contributed by atoms with Crippen molar-refractivity contribution < 1.29 is 19.1 Å². The highest BCUT2D eigenvalue weighted by Gasteiger charge is 2.36. The molecule has 1 rings (SSSR count). The van der Waals surface area contributed by atoms with Gasteiger partial charge < -0.3 is 9.53 Å². The Balaban J connectivity index is 0.00000122. The molecule has 0 aliphatic heterocycles. The molecule has 0 saturated heterocycles. The first-order chi connectivity index (χ1) is 9.57. The molecule has 0 aliphatic carbocycles. The van der Waals surface area contributed by atoms with Gasteiger partial charge in [0, 0.05) is 0 Å². The average Bonchev–Trinajstić information content (AvgIpc) is 2.35. The lowest BCUT2D eigenvalue weighted by atomic mass is 10.1. The van der Waals surface area contributed by atoms with Crippen molar-refractivity contribution in [2.24, 2.45) is 0 Å². The van der Waals surface area contributed by atoms with Crippen LogP contribution in [0.1, 0.15) is 37.5 Å². The Morgan fingerprint density at radius 2 is 1.62 bits per heavy atom. The Morgan fingerprint density at radius 3 is 2.05 bits per heavy atom. The van der Waals surface area contributed by atoms with Crippen LogP contribution < -0.4 is 0 Å². The largest absolute Gasteiger partial charge is 0.413 e. The molecule has 1 aromatic rings. The van der Waals surface area contributed by atoms with Crippen molar-refractivity contribution in [3.8, 4) is 0 Å². The van der Waals surface area contributed by atoms with Gasteiger partial charge in [-0.25, -0.2) is 0 Å². The van der Waals surface area contributed by atoms with Gasteiger partial charge in [0.1, 0.15) is 0 Å². The second-order valence-electron chi connectivity index (χ2n) is 6.62. The van der Waals surface area contributed by atoms with Gasteiger partial charge in [-0.2, -0.15) is 9.59 Å². The minimum Gasteiger partial charge on any atom is -0.413 e. The topological polar surface area (TPSA) is 63.6 Å². The summed E-state index contributed by atoms with van der Waals surface area (Å²) in [6.45, 7) is 14.0. The number of aliphatic hydroxyl groups excluding tert-OH is 1. The summed E-state index contributed by atoms with van der Waals surface area (Å²) in [4.78, 5) is 16.2. The number of rotatable bonds is 4. The molecule has 0 atom stereocenters. The van der Waals surface area contributed by atoms with Gasteiger partial charge >= 0.3 is 6.15 Å². The van der Waals surface area contributed by atoms with Crippen molar-refractivity contribution >= 4 is 14.5 Å². The Bertz CT molecular complexity index is 484. The molecule has 0 amide bonds. The summed E-state index contributed by atoms with van der Waals surface area (Å²) in [6.07, 6.45) is 0.250. The molecular formula is C16H26O4Si. The minimum atomic E-state index is -1.70. The highest BCUT2D eigenvalue weighted by atomic mass is 28.4. The maximum atomic E-state index is 9.21. The number of aryl methyl sites for hydroxylation is 1. The van der Waals surface area contributed by atoms with Gasteiger partial charge in [-0.1, -0.05) is 44.5 Å². The Kier molecular flexibility index (Phi) is 7.75. The van der Waals surface area contributed by atoms with Crippen molar-refractivity contribution in [1.29, 1.82) is 0 Å². The lowest BCUT2D eigenvalue weighted by Crippen LogP contribution is -2.40. The SMILES string of the molecule is Cc1cc(CO)cc(CO[Si](C)(C)C(C)(C)C)c1.O=C=O. The quantitative estimate of drug-likeness (QED) is 0.865. The fourth-order valence-corrected chi connectivity index (χ4v) is 2.56. The fourth-order valence-electron chi connectivity index (χ4n) is 1.60. The molecule has 0 unspecified atom stereocenters. The van der Waals surface area contributed by atoms with Crippen molar-refractivity contribution in [1.82, 2.24) is 0 Å². The summed E-state index contributed by atoms with van der Waals surface area (Å²) < 4.78 is 6.19. The molecule has 0 fully saturated rings. The summed E-state index contributed by atoms with van der Waals surface area (Å²) in [7, 11) is -1.70. The standard InChI is InChI=1S/C15H26O2Si.CO2/c1-12-7-13(10-16)9-14(8-12)11-17-18(5,6)15(2,3)4;2-1-3/h7-9,16H,10-11H2,1-6H3;. The van der Waals surface area contributed by atoms with E-state index >= 15 is 0 Å². The van der Waals surface area contributed by atoms with Gasteiger partial charge in [0.05, 0.1) is 13.2 Å². The number of carbonyl (C=O) groups excluding carboxylic acids is 2. The normalized spacial score (nSPS) is 11.4. The van der Waals surface area contributed by atoms with E-state index in [1.54, 1.807) is 0 Å². The zero-order chi connectivity index (χ0) is 16.7. The maximum Gasteiger partial charge on any atom is 0.373 e. The van der Waals surface area contributed by atoms with Crippen molar-refractivity contribution in [3.63, 3.8) is 0 Å². The van der Waals surface area contributed by atoms with Crippen LogP contribution in [-0.2, 0) is 27.2 Å². The van der Waals surface area contributed by atoms with Gasteiger partial charge in [-0.3, -0.25) is 0 Å². The first kappa shape index (κ1) is 19.7. The fraction of sp³-hybridized carbons (Fsp3) is 0.562. The molecular weight excluding hydrogens is 284 g/mol. The van der Waals surface area contributed by atoms with Gasteiger partial charge in [-0.15, -0.1) is 0 Å². The van der Waals surface area contributed by atoms with Gasteiger partial charge in [0.2, 0.25) is 0 Å². The second-order valence-corrected chi connectivity index (χ2v) is 11.4. The third-order valence-electron chi connectivity index (χ3n) is 3.79. The lowest BCUT2D eigenvalue weighted by molar-refractivity contribution is -0.191. The summed E-state index contributed by atoms with van der Waals surface area (Å²) >= 11 is 0. The van der Waals surface area contributed by atoms with Crippen molar-refractivity contribution in [3.05, 3.63) is 34.9 Å². The highest BCUT2D eigenvalue weighted by Crippen LogP contribution is 2.37. The van der Waals surface area contributed by atoms with Gasteiger partial charge in [0.15, 0.2) is 8.32 Å². The van der Waals surface area contributed by atoms with Crippen LogP contribution in [0, 0.1) is 6.92 Å². The van der Waals surface area contributed by atoms with Crippen LogP contribution in [0.25, 0.3) is 0 Å². The van der Waals surface area contributed by atoms with Crippen LogP contribution in [0.5, 0.6) is 0 Å². The molecule has 0 bridgehead atoms. The minimum absolute atomic E-state index is 0.0920. The monoisotopic (exact) mass is 310 g/mol. The first-order valence-corrected chi connectivity index (χ1v) is 9.81. The Hall–Kier alpha value is -1.26. The summed E-state index contributed by atoms with van der Waals surface area (Å²) in [5, 5.41) is 9.44. The van der Waals surface area contributed by atoms with Crippen LogP contribution in [0.15, 0.2) is 18.2 Å². The second kappa shape index (κ2) is 8.25. The molecule has 1 N–H and O–H groups in total. The van der Waals surface area contributed by atoms with E-state index in [2.05, 4.69) is 46.9 Å². The van der Waals surface area contributed by atoms with Crippen LogP contribution in [0.3, 0.4) is 0 Å². The molecule has 4 nitrogen and oxygen atoms in total. The van der Waals surface area contributed by atoms with E-state index in [9.17, 15) is 5.11 Å². The molecule has 0 radical (unpaired) electrons. The van der Waals surface area contributed by atoms with E-state index < -0.39 is 8.32 Å². The van der Waals surface area contributed by atoms with Gasteiger partial charge in [-0.05, 0) is 36.2 Å². The number of hydrogen-bond acceptors (Lipinski definition) is 4. The molecule has 0 spiro atoms. The predicted octanol–water partition coefficient (Wildman–Crippen LogP) is 3.43. The van der Waals surface area contributed by atoms with E-state index in [-0.39, 0.29) is 17.8 Å². The lowest BCUT2D eigenvalue weighted by Gasteiger charge is -2.36. The predicted molar refractivity (Wildman–Crippen MR) is 84.1 cm³/mol. The summed E-state index contributed by atoms with van der Waals surface area (Å²) in [6, 6.07) is 6.17. The molecule has 0 saturated carbocycles.